The van der Waals surface area contributed by atoms with Crippen LogP contribution in [-0.4, -0.2) is 69.5 Å². The standard InChI is InChI=1S/C29H36N8O4/c1-5-36-12-14-37(15-13-36)22-10-11-23(24(16-22)34-28(40)41-29(2,3)4)33-27-31-18-20(17-30)25(35-27)32-21-8-6-19(7-9-21)26(38)39/h6-11,16,18,26,38-39H,5,12-15H2,1-4H3,(H,34,40)(H2,31,32,33,35). The summed E-state index contributed by atoms with van der Waals surface area (Å²) in [6.07, 6.45) is -0.774. The lowest BCUT2D eigenvalue weighted by molar-refractivity contribution is -0.0424. The number of rotatable bonds is 8. The topological polar surface area (TPSA) is 159 Å². The summed E-state index contributed by atoms with van der Waals surface area (Å²) in [5.74, 6) is 0.458. The van der Waals surface area contributed by atoms with Crippen LogP contribution in [0.3, 0.4) is 0 Å². The molecule has 1 amide bonds. The molecule has 12 nitrogen and oxygen atoms in total. The third-order valence-corrected chi connectivity index (χ3v) is 6.45. The summed E-state index contributed by atoms with van der Waals surface area (Å²) < 4.78 is 5.49. The Balaban J connectivity index is 1.60. The molecule has 5 N–H and O–H groups in total. The average molecular weight is 561 g/mol. The molecule has 1 aliphatic heterocycles. The van der Waals surface area contributed by atoms with Gasteiger partial charge in [0.1, 0.15) is 17.2 Å². The number of nitrogens with one attached hydrogen (secondary N) is 3. The molecule has 3 aromatic rings. The number of nitriles is 1. The molecule has 2 aromatic carbocycles. The molecule has 216 valence electrons. The number of carbonyl (C=O) groups excluding carboxylic acids is 1. The van der Waals surface area contributed by atoms with Gasteiger partial charge in [-0.05, 0) is 57.6 Å². The molecule has 0 saturated carbocycles. The Morgan fingerprint density at radius 2 is 1.78 bits per heavy atom. The number of hydrogen-bond donors (Lipinski definition) is 5. The van der Waals surface area contributed by atoms with Crippen molar-refractivity contribution in [3.63, 3.8) is 0 Å². The molecular formula is C29H36N8O4. The van der Waals surface area contributed by atoms with E-state index in [9.17, 15) is 20.3 Å². The van der Waals surface area contributed by atoms with Crippen molar-refractivity contribution in [3.8, 4) is 6.07 Å². The molecule has 4 rings (SSSR count). The number of benzene rings is 2. The van der Waals surface area contributed by atoms with Gasteiger partial charge in [0, 0.05) is 43.1 Å². The van der Waals surface area contributed by atoms with E-state index in [2.05, 4.69) is 48.7 Å². The van der Waals surface area contributed by atoms with Gasteiger partial charge >= 0.3 is 6.09 Å². The number of aliphatic hydroxyl groups excluding tert-OH is 1. The van der Waals surface area contributed by atoms with Gasteiger partial charge in [0.2, 0.25) is 5.95 Å². The molecule has 0 aliphatic carbocycles. The van der Waals surface area contributed by atoms with Crippen LogP contribution in [0.2, 0.25) is 0 Å². The maximum absolute atomic E-state index is 12.7. The maximum atomic E-state index is 12.7. The zero-order chi connectivity index (χ0) is 29.6. The number of amides is 1. The van der Waals surface area contributed by atoms with Crippen molar-refractivity contribution in [2.75, 3.05) is 53.6 Å². The maximum Gasteiger partial charge on any atom is 0.412 e. The van der Waals surface area contributed by atoms with E-state index in [4.69, 9.17) is 4.74 Å². The fraction of sp³-hybridized carbons (Fsp3) is 0.379. The predicted molar refractivity (Wildman–Crippen MR) is 158 cm³/mol. The lowest BCUT2D eigenvalue weighted by Gasteiger charge is -2.35. The Morgan fingerprint density at radius 1 is 1.07 bits per heavy atom. The lowest BCUT2D eigenvalue weighted by Crippen LogP contribution is -2.46. The third kappa shape index (κ3) is 8.04. The summed E-state index contributed by atoms with van der Waals surface area (Å²) in [4.78, 5) is 26.2. The van der Waals surface area contributed by atoms with E-state index in [1.165, 1.54) is 6.20 Å². The van der Waals surface area contributed by atoms with Crippen molar-refractivity contribution in [2.45, 2.75) is 39.6 Å². The van der Waals surface area contributed by atoms with Gasteiger partial charge in [0.15, 0.2) is 12.1 Å². The normalized spacial score (nSPS) is 14.0. The minimum atomic E-state index is -1.58. The monoisotopic (exact) mass is 560 g/mol. The van der Waals surface area contributed by atoms with Crippen molar-refractivity contribution in [1.82, 2.24) is 14.9 Å². The second kappa shape index (κ2) is 12.8. The molecule has 0 spiro atoms. The summed E-state index contributed by atoms with van der Waals surface area (Å²) in [6, 6.07) is 14.2. The summed E-state index contributed by atoms with van der Waals surface area (Å²) >= 11 is 0. The number of ether oxygens (including phenoxy) is 1. The van der Waals surface area contributed by atoms with E-state index in [0.29, 0.717) is 22.6 Å². The first kappa shape index (κ1) is 29.5. The van der Waals surface area contributed by atoms with E-state index in [-0.39, 0.29) is 17.3 Å². The van der Waals surface area contributed by atoms with Crippen molar-refractivity contribution in [2.24, 2.45) is 0 Å². The van der Waals surface area contributed by atoms with Crippen LogP contribution in [0, 0.1) is 11.3 Å². The first-order chi connectivity index (χ1) is 19.5. The molecular weight excluding hydrogens is 524 g/mol. The zero-order valence-electron chi connectivity index (χ0n) is 23.7. The fourth-order valence-corrected chi connectivity index (χ4v) is 4.29. The second-order valence-corrected chi connectivity index (χ2v) is 10.6. The number of likely N-dealkylation sites (N-methyl/N-ethyl adjacent to an activating group) is 1. The van der Waals surface area contributed by atoms with Gasteiger partial charge < -0.3 is 35.4 Å². The number of anilines is 6. The van der Waals surface area contributed by atoms with Gasteiger partial charge in [-0.15, -0.1) is 0 Å². The second-order valence-electron chi connectivity index (χ2n) is 10.6. The Labute approximate surface area is 239 Å². The van der Waals surface area contributed by atoms with Gasteiger partial charge in [0.05, 0.1) is 17.6 Å². The highest BCUT2D eigenvalue weighted by Crippen LogP contribution is 2.31. The molecule has 41 heavy (non-hydrogen) atoms. The number of nitrogens with zero attached hydrogens (tertiary/aromatic N) is 5. The highest BCUT2D eigenvalue weighted by molar-refractivity contribution is 5.92. The minimum Gasteiger partial charge on any atom is -0.444 e. The van der Waals surface area contributed by atoms with Gasteiger partial charge in [-0.2, -0.15) is 10.2 Å². The molecule has 0 atom stereocenters. The molecule has 1 aromatic heterocycles. The van der Waals surface area contributed by atoms with Crippen molar-refractivity contribution >= 4 is 40.6 Å². The number of aromatic nitrogens is 2. The number of aliphatic hydroxyl groups is 2. The number of hydrogen-bond acceptors (Lipinski definition) is 11. The van der Waals surface area contributed by atoms with Crippen LogP contribution < -0.4 is 20.9 Å². The predicted octanol–water partition coefficient (Wildman–Crippen LogP) is 4.31. The van der Waals surface area contributed by atoms with Crippen LogP contribution in [0.15, 0.2) is 48.7 Å². The van der Waals surface area contributed by atoms with Crippen molar-refractivity contribution in [1.29, 1.82) is 5.26 Å². The van der Waals surface area contributed by atoms with Crippen LogP contribution in [-0.2, 0) is 4.74 Å². The Bertz CT molecular complexity index is 1390. The molecule has 12 heteroatoms. The highest BCUT2D eigenvalue weighted by Gasteiger charge is 2.21. The zero-order valence-corrected chi connectivity index (χ0v) is 23.7. The third-order valence-electron chi connectivity index (χ3n) is 6.45. The fourth-order valence-electron chi connectivity index (χ4n) is 4.29. The van der Waals surface area contributed by atoms with Gasteiger partial charge in [-0.3, -0.25) is 5.32 Å². The van der Waals surface area contributed by atoms with Gasteiger partial charge in [-0.1, -0.05) is 19.1 Å². The van der Waals surface area contributed by atoms with E-state index in [1.54, 1.807) is 45.0 Å². The smallest absolute Gasteiger partial charge is 0.412 e. The lowest BCUT2D eigenvalue weighted by atomic mass is 10.2. The molecule has 0 unspecified atom stereocenters. The van der Waals surface area contributed by atoms with Gasteiger partial charge in [0.25, 0.3) is 0 Å². The van der Waals surface area contributed by atoms with E-state index < -0.39 is 18.0 Å². The van der Waals surface area contributed by atoms with Gasteiger partial charge in [-0.25, -0.2) is 9.78 Å². The van der Waals surface area contributed by atoms with E-state index in [1.807, 2.05) is 18.2 Å². The summed E-state index contributed by atoms with van der Waals surface area (Å²) in [7, 11) is 0. The van der Waals surface area contributed by atoms with Crippen LogP contribution >= 0.6 is 0 Å². The van der Waals surface area contributed by atoms with Crippen LogP contribution in [0.4, 0.5) is 39.3 Å². The molecule has 1 saturated heterocycles. The molecule has 1 fully saturated rings. The average Bonchev–Trinajstić information content (AvgIpc) is 2.93. The number of piperazine rings is 1. The highest BCUT2D eigenvalue weighted by atomic mass is 16.6. The Kier molecular flexibility index (Phi) is 9.24. The van der Waals surface area contributed by atoms with Crippen molar-refractivity contribution in [3.05, 3.63) is 59.8 Å². The van der Waals surface area contributed by atoms with E-state index in [0.717, 1.165) is 38.4 Å². The minimum absolute atomic E-state index is 0.199. The quantitative estimate of drug-likeness (QED) is 0.250. The van der Waals surface area contributed by atoms with Crippen molar-refractivity contribution < 1.29 is 19.7 Å². The largest absolute Gasteiger partial charge is 0.444 e. The summed E-state index contributed by atoms with van der Waals surface area (Å²) in [6.45, 7) is 12.2. The summed E-state index contributed by atoms with van der Waals surface area (Å²) in [5, 5.41) is 37.3. The Morgan fingerprint density at radius 3 is 2.39 bits per heavy atom. The molecule has 1 aliphatic rings. The first-order valence-electron chi connectivity index (χ1n) is 13.4. The number of carbonyl (C=O) groups is 1. The van der Waals surface area contributed by atoms with E-state index >= 15 is 0 Å². The molecule has 2 heterocycles. The Hall–Kier alpha value is -4.44. The SMILES string of the molecule is CCN1CCN(c2ccc(Nc3ncc(C#N)c(Nc4ccc(C(O)O)cc4)n3)c(NC(=O)OC(C)(C)C)c2)CC1. The van der Waals surface area contributed by atoms with Crippen LogP contribution in [0.1, 0.15) is 45.1 Å². The first-order valence-corrected chi connectivity index (χ1v) is 13.4. The van der Waals surface area contributed by atoms with Crippen LogP contribution in [0.5, 0.6) is 0 Å². The summed E-state index contributed by atoms with van der Waals surface area (Å²) in [5.41, 5.74) is 2.49. The molecule has 0 bridgehead atoms. The molecule has 0 radical (unpaired) electrons. The van der Waals surface area contributed by atoms with Crippen LogP contribution in [0.25, 0.3) is 0 Å².